The summed E-state index contributed by atoms with van der Waals surface area (Å²) in [7, 11) is 0. The molecule has 2 fully saturated rings. The molecule has 2 aliphatic rings. The van der Waals surface area contributed by atoms with Gasteiger partial charge in [0.1, 0.15) is 11.8 Å². The summed E-state index contributed by atoms with van der Waals surface area (Å²) in [6.45, 7) is 2.99. The Balaban J connectivity index is 1.90. The van der Waals surface area contributed by atoms with Crippen molar-refractivity contribution in [1.29, 1.82) is 0 Å². The first-order chi connectivity index (χ1) is 6.47. The highest BCUT2D eigenvalue weighted by atomic mass is 19.1. The Morgan fingerprint density at radius 1 is 1.50 bits per heavy atom. The lowest BCUT2D eigenvalue weighted by Gasteiger charge is -2.23. The predicted molar refractivity (Wildman–Crippen MR) is 50.8 cm³/mol. The lowest BCUT2D eigenvalue weighted by Crippen LogP contribution is -2.34. The van der Waals surface area contributed by atoms with Gasteiger partial charge in [-0.05, 0) is 39.0 Å². The van der Waals surface area contributed by atoms with E-state index in [0.717, 1.165) is 19.3 Å². The molecule has 14 heavy (non-hydrogen) atoms. The summed E-state index contributed by atoms with van der Waals surface area (Å²) in [5.74, 6) is 0.799. The molecule has 0 radical (unpaired) electrons. The number of ether oxygens (including phenoxy) is 1. The summed E-state index contributed by atoms with van der Waals surface area (Å²) in [5.41, 5.74) is -1.33. The van der Waals surface area contributed by atoms with Gasteiger partial charge in [-0.3, -0.25) is 4.79 Å². The number of carbonyl (C=O) groups excluding carboxylic acids is 1. The van der Waals surface area contributed by atoms with Gasteiger partial charge in [0.2, 0.25) is 0 Å². The van der Waals surface area contributed by atoms with E-state index in [1.807, 2.05) is 0 Å². The Kier molecular flexibility index (Phi) is 2.38. The first-order valence-corrected chi connectivity index (χ1v) is 5.31. The van der Waals surface area contributed by atoms with Crippen molar-refractivity contribution in [2.75, 3.05) is 6.61 Å². The van der Waals surface area contributed by atoms with Gasteiger partial charge in [0, 0.05) is 5.92 Å². The molecular formula is C11H17FO2. The molecule has 2 nitrogen and oxygen atoms in total. The van der Waals surface area contributed by atoms with Crippen LogP contribution in [0.5, 0.6) is 0 Å². The van der Waals surface area contributed by atoms with Crippen LogP contribution in [0.2, 0.25) is 0 Å². The number of carbonyl (C=O) groups is 1. The average molecular weight is 200 g/mol. The van der Waals surface area contributed by atoms with Gasteiger partial charge in [0.05, 0.1) is 6.61 Å². The van der Waals surface area contributed by atoms with Crippen molar-refractivity contribution in [1.82, 2.24) is 0 Å². The molecule has 0 aliphatic heterocycles. The maximum atomic E-state index is 13.2. The van der Waals surface area contributed by atoms with Crippen molar-refractivity contribution in [3.05, 3.63) is 0 Å². The van der Waals surface area contributed by atoms with Crippen LogP contribution in [0.3, 0.4) is 0 Å². The number of alkyl halides is 1. The second-order valence-electron chi connectivity index (χ2n) is 5.12. The fraction of sp³-hybridized carbons (Fsp3) is 0.909. The molecule has 2 saturated carbocycles. The van der Waals surface area contributed by atoms with E-state index in [1.165, 1.54) is 13.8 Å². The van der Waals surface area contributed by atoms with Crippen LogP contribution in [-0.4, -0.2) is 24.2 Å². The average Bonchev–Trinajstić information content (AvgIpc) is 2.60. The zero-order chi connectivity index (χ0) is 10.3. The van der Waals surface area contributed by atoms with Crippen LogP contribution < -0.4 is 0 Å². The minimum atomic E-state index is -1.33. The molecule has 0 N–H and O–H groups in total. The molecule has 3 heteroatoms. The number of Topliss-reactive ketones (excluding diaryl/α,β-unsaturated/α-hetero) is 1. The van der Waals surface area contributed by atoms with Crippen molar-refractivity contribution in [2.45, 2.75) is 44.9 Å². The van der Waals surface area contributed by atoms with Crippen LogP contribution in [0.15, 0.2) is 0 Å². The van der Waals surface area contributed by atoms with Gasteiger partial charge in [0.15, 0.2) is 5.78 Å². The second kappa shape index (κ2) is 3.30. The quantitative estimate of drug-likeness (QED) is 0.697. The Hall–Kier alpha value is -0.440. The topological polar surface area (TPSA) is 26.3 Å². The first-order valence-electron chi connectivity index (χ1n) is 5.31. The second-order valence-corrected chi connectivity index (χ2v) is 5.12. The van der Waals surface area contributed by atoms with Crippen LogP contribution in [0.1, 0.15) is 33.1 Å². The number of hydrogen-bond donors (Lipinski definition) is 0. The minimum absolute atomic E-state index is 0.0344. The number of hydrogen-bond acceptors (Lipinski definition) is 2. The minimum Gasteiger partial charge on any atom is -0.367 e. The zero-order valence-corrected chi connectivity index (χ0v) is 8.75. The molecule has 0 aromatic heterocycles. The van der Waals surface area contributed by atoms with Crippen molar-refractivity contribution in [3.8, 4) is 0 Å². The van der Waals surface area contributed by atoms with Crippen molar-refractivity contribution in [2.24, 2.45) is 11.8 Å². The summed E-state index contributed by atoms with van der Waals surface area (Å²) in [6, 6.07) is 0. The van der Waals surface area contributed by atoms with Gasteiger partial charge in [0.25, 0.3) is 0 Å². The molecule has 0 aromatic carbocycles. The largest absolute Gasteiger partial charge is 0.367 e. The molecule has 0 amide bonds. The van der Waals surface area contributed by atoms with Crippen molar-refractivity contribution < 1.29 is 13.9 Å². The van der Waals surface area contributed by atoms with Crippen LogP contribution in [0.4, 0.5) is 4.39 Å². The summed E-state index contributed by atoms with van der Waals surface area (Å²) >= 11 is 0. The lowest BCUT2D eigenvalue weighted by atomic mass is 9.96. The Bertz CT molecular complexity index is 244. The van der Waals surface area contributed by atoms with Gasteiger partial charge in [-0.1, -0.05) is 0 Å². The van der Waals surface area contributed by atoms with E-state index in [-0.39, 0.29) is 24.4 Å². The molecular weight excluding hydrogens is 183 g/mol. The van der Waals surface area contributed by atoms with Crippen molar-refractivity contribution in [3.63, 3.8) is 0 Å². The fourth-order valence-corrected chi connectivity index (χ4v) is 2.52. The van der Waals surface area contributed by atoms with E-state index in [1.54, 1.807) is 0 Å². The molecule has 0 saturated heterocycles. The van der Waals surface area contributed by atoms with Gasteiger partial charge in [-0.2, -0.15) is 0 Å². The molecule has 2 rings (SSSR count). The molecule has 80 valence electrons. The van der Waals surface area contributed by atoms with E-state index in [9.17, 15) is 9.18 Å². The molecule has 3 atom stereocenters. The highest BCUT2D eigenvalue weighted by Gasteiger charge is 2.47. The SMILES string of the molecule is CC(C)(F)COC1C(=O)C2CCC1C2. The summed E-state index contributed by atoms with van der Waals surface area (Å²) in [4.78, 5) is 11.6. The van der Waals surface area contributed by atoms with Crippen LogP contribution in [-0.2, 0) is 9.53 Å². The van der Waals surface area contributed by atoms with Gasteiger partial charge in [-0.25, -0.2) is 4.39 Å². The standard InChI is InChI=1S/C11H17FO2/c1-11(2,12)6-14-10-8-4-3-7(5-8)9(10)13/h7-8,10H,3-6H2,1-2H3. The molecule has 2 bridgehead atoms. The number of ketones is 1. The van der Waals surface area contributed by atoms with E-state index < -0.39 is 5.67 Å². The van der Waals surface area contributed by atoms with Gasteiger partial charge >= 0.3 is 0 Å². The van der Waals surface area contributed by atoms with Gasteiger partial charge in [-0.15, -0.1) is 0 Å². The van der Waals surface area contributed by atoms with Gasteiger partial charge < -0.3 is 4.74 Å². The Morgan fingerprint density at radius 2 is 2.21 bits per heavy atom. The zero-order valence-electron chi connectivity index (χ0n) is 8.75. The smallest absolute Gasteiger partial charge is 0.164 e. The maximum absolute atomic E-state index is 13.2. The molecule has 0 aromatic rings. The third kappa shape index (κ3) is 1.83. The lowest BCUT2D eigenvalue weighted by molar-refractivity contribution is -0.136. The van der Waals surface area contributed by atoms with E-state index in [0.29, 0.717) is 5.92 Å². The Morgan fingerprint density at radius 3 is 2.71 bits per heavy atom. The number of fused-ring (bicyclic) bond motifs is 2. The molecule has 0 spiro atoms. The van der Waals surface area contributed by atoms with Crippen LogP contribution >= 0.6 is 0 Å². The first kappa shape index (κ1) is 10.1. The summed E-state index contributed by atoms with van der Waals surface area (Å²) in [5, 5.41) is 0. The number of rotatable bonds is 3. The van der Waals surface area contributed by atoms with Crippen LogP contribution in [0.25, 0.3) is 0 Å². The predicted octanol–water partition coefficient (Wildman–Crippen LogP) is 2.12. The number of halogens is 1. The van der Waals surface area contributed by atoms with Crippen molar-refractivity contribution >= 4 is 5.78 Å². The normalized spacial score (nSPS) is 36.8. The monoisotopic (exact) mass is 200 g/mol. The third-order valence-electron chi connectivity index (χ3n) is 3.19. The third-order valence-corrected chi connectivity index (χ3v) is 3.19. The molecule has 2 aliphatic carbocycles. The van der Waals surface area contributed by atoms with Crippen LogP contribution in [0, 0.1) is 11.8 Å². The summed E-state index contributed by atoms with van der Waals surface area (Å²) < 4.78 is 18.6. The fourth-order valence-electron chi connectivity index (χ4n) is 2.52. The highest BCUT2D eigenvalue weighted by Crippen LogP contribution is 2.43. The van der Waals surface area contributed by atoms with E-state index >= 15 is 0 Å². The molecule has 3 unspecified atom stereocenters. The molecule has 0 heterocycles. The highest BCUT2D eigenvalue weighted by molar-refractivity contribution is 5.88. The Labute approximate surface area is 83.8 Å². The van der Waals surface area contributed by atoms with E-state index in [2.05, 4.69) is 0 Å². The summed E-state index contributed by atoms with van der Waals surface area (Å²) in [6.07, 6.45) is 2.76. The van der Waals surface area contributed by atoms with E-state index in [4.69, 9.17) is 4.74 Å². The maximum Gasteiger partial charge on any atom is 0.164 e.